The summed E-state index contributed by atoms with van der Waals surface area (Å²) in [6.45, 7) is 9.51. The van der Waals surface area contributed by atoms with Crippen LogP contribution in [0.2, 0.25) is 0 Å². The predicted molar refractivity (Wildman–Crippen MR) is 228 cm³/mol. The van der Waals surface area contributed by atoms with Gasteiger partial charge in [0.15, 0.2) is 31.2 Å². The van der Waals surface area contributed by atoms with Crippen LogP contribution in [0, 0.1) is 17.6 Å². The molecule has 1 saturated carbocycles. The number of nitrogens with one attached hydrogen (secondary N) is 1. The van der Waals surface area contributed by atoms with Crippen molar-refractivity contribution in [1.29, 1.82) is 0 Å². The van der Waals surface area contributed by atoms with Crippen LogP contribution in [0.5, 0.6) is 5.88 Å². The number of hydrogen-bond donors (Lipinski definition) is 3. The first-order valence-electron chi connectivity index (χ1n) is 19.6. The Kier molecular flexibility index (Phi) is 12.2. The monoisotopic (exact) mass is 894 g/mol. The fourth-order valence-electron chi connectivity index (χ4n) is 6.82. The van der Waals surface area contributed by atoms with E-state index in [0.29, 0.717) is 29.5 Å². The molecule has 0 unspecified atom stereocenters. The minimum Gasteiger partial charge on any atom is -0.476 e. The highest BCUT2D eigenvalue weighted by atomic mass is 32.2. The smallest absolute Gasteiger partial charge is 0.266 e. The van der Waals surface area contributed by atoms with Crippen LogP contribution >= 0.6 is 0 Å². The number of aromatic amines is 1. The summed E-state index contributed by atoms with van der Waals surface area (Å²) in [7, 11) is -7.39. The molecule has 0 amide bonds. The Morgan fingerprint density at radius 1 is 0.726 bits per heavy atom. The van der Waals surface area contributed by atoms with E-state index in [1.807, 2.05) is 0 Å². The van der Waals surface area contributed by atoms with Crippen molar-refractivity contribution < 1.29 is 39.9 Å². The molecule has 20 heteroatoms. The lowest BCUT2D eigenvalue weighted by molar-refractivity contribution is 0.0979. The molecule has 3 aliphatic rings. The van der Waals surface area contributed by atoms with E-state index >= 15 is 0 Å². The van der Waals surface area contributed by atoms with Gasteiger partial charge < -0.3 is 21.2 Å². The summed E-state index contributed by atoms with van der Waals surface area (Å²) < 4.78 is 83.3. The molecule has 16 nitrogen and oxygen atoms in total. The van der Waals surface area contributed by atoms with Crippen molar-refractivity contribution in [2.24, 2.45) is 27.4 Å². The van der Waals surface area contributed by atoms with Gasteiger partial charge in [0, 0.05) is 30.2 Å². The third-order valence-electron chi connectivity index (χ3n) is 11.5. The fraction of sp³-hybridized carbons (Fsp3) is 0.429. The van der Waals surface area contributed by atoms with Gasteiger partial charge in [-0.05, 0) is 95.7 Å². The number of aliphatic imine (C=N–C) groups is 2. The molecule has 1 aliphatic carbocycles. The predicted octanol–water partition coefficient (Wildman–Crippen LogP) is 3.72. The normalized spacial score (nSPS) is 23.2. The summed E-state index contributed by atoms with van der Waals surface area (Å²) in [5.41, 5.74) is 9.93. The van der Waals surface area contributed by atoms with E-state index in [4.69, 9.17) is 16.2 Å². The van der Waals surface area contributed by atoms with Gasteiger partial charge in [0.25, 0.3) is 5.56 Å². The summed E-state index contributed by atoms with van der Waals surface area (Å²) in [5, 5.41) is 0. The highest BCUT2D eigenvalue weighted by Crippen LogP contribution is 2.40. The molecule has 2 aromatic carbocycles. The van der Waals surface area contributed by atoms with E-state index in [0.717, 1.165) is 19.0 Å². The van der Waals surface area contributed by atoms with Gasteiger partial charge in [-0.25, -0.2) is 40.6 Å². The molecule has 0 spiro atoms. The van der Waals surface area contributed by atoms with Gasteiger partial charge in [0.1, 0.15) is 55.3 Å². The van der Waals surface area contributed by atoms with Crippen LogP contribution in [0.3, 0.4) is 0 Å². The van der Waals surface area contributed by atoms with Crippen molar-refractivity contribution >= 4 is 42.9 Å². The number of carbonyl (C=O) groups is 2. The number of aromatic nitrogens is 4. The number of rotatable bonds is 11. The number of sulfone groups is 2. The lowest BCUT2D eigenvalue weighted by Gasteiger charge is -2.38. The van der Waals surface area contributed by atoms with Crippen molar-refractivity contribution in [1.82, 2.24) is 19.9 Å². The maximum Gasteiger partial charge on any atom is 0.266 e. The standard InChI is InChI=1S/C23H27FN4O4S.C19H21FN4O4S/c1-22(2)21(25)28-23(3,13-33(22,30)31)16-8-15(6-7-17(16)24)9-19(29)18-10-27-20(11-26-18)32-12-14-4-5-14;1-18(2)17(21)24-19(3,10-29(18,27)28)12-6-11(4-5-13(12)20)7-15(25)14-8-23-16(26)9-22-14/h6-8,10-11,14H,4-5,9,12-13H2,1-3H3,(H2,25,28);4-6,8-9H,7,10H2,1-3H3,(H2,21,24)(H,23,26)/t23-;19-/m00/s1. The largest absolute Gasteiger partial charge is 0.476 e. The Morgan fingerprint density at radius 2 is 1.19 bits per heavy atom. The number of halogens is 2. The first-order valence-corrected chi connectivity index (χ1v) is 22.9. The number of ketones is 2. The maximum absolute atomic E-state index is 14.8. The Morgan fingerprint density at radius 3 is 1.60 bits per heavy atom. The highest BCUT2D eigenvalue weighted by Gasteiger charge is 2.50. The molecule has 2 atom stereocenters. The van der Waals surface area contributed by atoms with Crippen LogP contribution in [0.4, 0.5) is 8.78 Å². The fourth-order valence-corrected chi connectivity index (χ4v) is 10.2. The number of benzene rings is 2. The number of Topliss-reactive ketones (excluding diaryl/α,β-unsaturated/α-hetero) is 2. The molecule has 5 N–H and O–H groups in total. The molecule has 2 aromatic heterocycles. The number of H-pyrrole nitrogens is 1. The van der Waals surface area contributed by atoms with Gasteiger partial charge in [0.05, 0.1) is 36.7 Å². The van der Waals surface area contributed by atoms with Crippen molar-refractivity contribution in [3.8, 4) is 5.88 Å². The Balaban J connectivity index is 0.000000209. The number of carbonyl (C=O) groups excluding carboxylic acids is 2. The SMILES string of the molecule is CC1(C)C(N)=N[C@](C)(c2cc(CC(=O)c3c[nH]c(=O)cn3)ccc2F)CS1(=O)=O.CC1(C)C(N)=N[C@](C)(c2cc(CC(=O)c3cnc(OCC4CC4)cn3)ccc2F)CS1(=O)=O. The van der Waals surface area contributed by atoms with E-state index in [1.54, 1.807) is 0 Å². The first kappa shape index (κ1) is 45.8. The van der Waals surface area contributed by atoms with Crippen LogP contribution < -0.4 is 21.8 Å². The first-order chi connectivity index (χ1) is 28.8. The summed E-state index contributed by atoms with van der Waals surface area (Å²) in [6, 6.07) is 8.18. The number of ether oxygens (including phenoxy) is 1. The van der Waals surface area contributed by atoms with Crippen molar-refractivity contribution in [2.75, 3.05) is 18.1 Å². The van der Waals surface area contributed by atoms with Gasteiger partial charge >= 0.3 is 0 Å². The number of nitrogens with two attached hydrogens (primary N) is 2. The third kappa shape index (κ3) is 9.35. The van der Waals surface area contributed by atoms with E-state index in [2.05, 4.69) is 29.9 Å². The molecular formula is C42H48F2N8O8S2. The minimum atomic E-state index is -3.70. The van der Waals surface area contributed by atoms with Crippen LogP contribution in [0.1, 0.15) is 97.6 Å². The van der Waals surface area contributed by atoms with Crippen LogP contribution in [-0.4, -0.2) is 87.6 Å². The van der Waals surface area contributed by atoms with Crippen LogP contribution in [-0.2, 0) is 43.6 Å². The molecule has 0 radical (unpaired) electrons. The van der Waals surface area contributed by atoms with Gasteiger partial charge in [-0.15, -0.1) is 0 Å². The molecule has 7 rings (SSSR count). The molecule has 0 saturated heterocycles. The molecular weight excluding hydrogens is 847 g/mol. The lowest BCUT2D eigenvalue weighted by atomic mass is 9.90. The molecule has 330 valence electrons. The number of hydrogen-bond acceptors (Lipinski definition) is 15. The Bertz CT molecular complexity index is 2770. The third-order valence-corrected chi connectivity index (χ3v) is 16.9. The van der Waals surface area contributed by atoms with Crippen molar-refractivity contribution in [2.45, 2.75) is 87.8 Å². The zero-order chi connectivity index (χ0) is 45.6. The maximum atomic E-state index is 14.8. The second-order valence-electron chi connectivity index (χ2n) is 17.2. The molecule has 1 fully saturated rings. The van der Waals surface area contributed by atoms with Crippen LogP contribution in [0.25, 0.3) is 0 Å². The Hall–Kier alpha value is -5.76. The van der Waals surface area contributed by atoms with Crippen molar-refractivity contribution in [3.05, 3.63) is 117 Å². The van der Waals surface area contributed by atoms with Gasteiger partial charge in [-0.3, -0.25) is 24.4 Å². The zero-order valence-corrected chi connectivity index (χ0v) is 36.7. The average molecular weight is 895 g/mol. The summed E-state index contributed by atoms with van der Waals surface area (Å²) in [6.07, 6.45) is 7.12. The highest BCUT2D eigenvalue weighted by molar-refractivity contribution is 7.94. The molecule has 4 heterocycles. The van der Waals surface area contributed by atoms with Gasteiger partial charge in [0.2, 0.25) is 5.88 Å². The van der Waals surface area contributed by atoms with E-state index < -0.39 is 68.9 Å². The second kappa shape index (κ2) is 16.5. The topological polar surface area (TPSA) is 260 Å². The van der Waals surface area contributed by atoms with Crippen LogP contribution in [0.15, 0.2) is 76.0 Å². The molecule has 0 bridgehead atoms. The lowest BCUT2D eigenvalue weighted by Crippen LogP contribution is -2.55. The molecule has 62 heavy (non-hydrogen) atoms. The number of nitrogens with zero attached hydrogens (tertiary/aromatic N) is 5. The number of amidine groups is 2. The molecule has 4 aromatic rings. The summed E-state index contributed by atoms with van der Waals surface area (Å²) in [4.78, 5) is 59.3. The van der Waals surface area contributed by atoms with E-state index in [9.17, 15) is 40.0 Å². The Labute approximate surface area is 357 Å². The quantitative estimate of drug-likeness (QED) is 0.182. The van der Waals surface area contributed by atoms with E-state index in [1.165, 1.54) is 96.5 Å². The minimum absolute atomic E-state index is 0.0410. The second-order valence-corrected chi connectivity index (χ2v) is 22.3. The van der Waals surface area contributed by atoms with Gasteiger partial charge in [-0.2, -0.15) is 0 Å². The summed E-state index contributed by atoms with van der Waals surface area (Å²) in [5.74, 6) is -1.97. The van der Waals surface area contributed by atoms with Crippen molar-refractivity contribution in [3.63, 3.8) is 0 Å². The average Bonchev–Trinajstić information content (AvgIpc) is 4.02. The van der Waals surface area contributed by atoms with E-state index in [-0.39, 0.29) is 58.6 Å². The van der Waals surface area contributed by atoms with Gasteiger partial charge in [-0.1, -0.05) is 12.1 Å². The summed E-state index contributed by atoms with van der Waals surface area (Å²) >= 11 is 0. The molecule has 2 aliphatic heterocycles. The zero-order valence-electron chi connectivity index (χ0n) is 35.0.